The van der Waals surface area contributed by atoms with E-state index in [1.807, 2.05) is 6.08 Å². The highest BCUT2D eigenvalue weighted by atomic mass is 35.5. The molecule has 2 nitrogen and oxygen atoms in total. The van der Waals surface area contributed by atoms with Crippen LogP contribution in [0.4, 0.5) is 0 Å². The molecule has 3 heteroatoms. The van der Waals surface area contributed by atoms with Gasteiger partial charge >= 0.3 is 0 Å². The van der Waals surface area contributed by atoms with E-state index in [0.717, 1.165) is 12.2 Å². The van der Waals surface area contributed by atoms with Gasteiger partial charge in [-0.25, -0.2) is 0 Å². The minimum absolute atomic E-state index is 0.256. The maximum atomic E-state index is 6.23. The summed E-state index contributed by atoms with van der Waals surface area (Å²) < 4.78 is 7.49. The number of methoxy groups -OCH3 is 1. The molecule has 0 bridgehead atoms. The Morgan fingerprint density at radius 2 is 2.16 bits per heavy atom. The molecule has 3 rings (SSSR count). The van der Waals surface area contributed by atoms with Gasteiger partial charge < -0.3 is 9.30 Å². The summed E-state index contributed by atoms with van der Waals surface area (Å²) in [6.45, 7) is 2.11. The van der Waals surface area contributed by atoms with Crippen LogP contribution in [0.1, 0.15) is 18.0 Å². The van der Waals surface area contributed by atoms with Crippen LogP contribution in [0.5, 0.6) is 0 Å². The van der Waals surface area contributed by atoms with Crippen LogP contribution in [0, 0.1) is 6.92 Å². The lowest BCUT2D eigenvalue weighted by molar-refractivity contribution is 0.299. The van der Waals surface area contributed by atoms with Gasteiger partial charge in [-0.1, -0.05) is 23.2 Å². The molecule has 0 saturated carbocycles. The number of ether oxygens (including phenoxy) is 1. The number of nitrogens with zero attached hydrogens (tertiary/aromatic N) is 1. The van der Waals surface area contributed by atoms with Crippen LogP contribution in [-0.2, 0) is 4.74 Å². The van der Waals surface area contributed by atoms with Gasteiger partial charge in [0.1, 0.15) is 5.76 Å². The van der Waals surface area contributed by atoms with Crippen molar-refractivity contribution in [2.45, 2.75) is 19.4 Å². The van der Waals surface area contributed by atoms with Crippen LogP contribution in [0.15, 0.2) is 53.4 Å². The third-order valence-corrected chi connectivity index (χ3v) is 3.88. The largest absolute Gasteiger partial charge is 0.496 e. The van der Waals surface area contributed by atoms with Gasteiger partial charge in [0.25, 0.3) is 0 Å². The van der Waals surface area contributed by atoms with E-state index in [-0.39, 0.29) is 6.04 Å². The van der Waals surface area contributed by atoms with Crippen molar-refractivity contribution >= 4 is 22.5 Å². The van der Waals surface area contributed by atoms with Crippen molar-refractivity contribution in [3.05, 3.63) is 59.0 Å². The lowest BCUT2D eigenvalue weighted by atomic mass is 10.1. The molecule has 0 saturated heterocycles. The summed E-state index contributed by atoms with van der Waals surface area (Å²) in [5.41, 5.74) is 2.52. The summed E-state index contributed by atoms with van der Waals surface area (Å²) in [5, 5.41) is 1.96. The molecule has 1 aliphatic carbocycles. The van der Waals surface area contributed by atoms with Crippen LogP contribution in [-0.4, -0.2) is 11.7 Å². The predicted molar refractivity (Wildman–Crippen MR) is 79.4 cm³/mol. The summed E-state index contributed by atoms with van der Waals surface area (Å²) in [4.78, 5) is 0. The van der Waals surface area contributed by atoms with Gasteiger partial charge in [-0.05, 0) is 49.1 Å². The number of hydrogen-bond donors (Lipinski definition) is 0. The molecule has 1 aliphatic rings. The van der Waals surface area contributed by atoms with Gasteiger partial charge in [0.15, 0.2) is 0 Å². The second-order valence-electron chi connectivity index (χ2n) is 4.88. The average molecular weight is 274 g/mol. The van der Waals surface area contributed by atoms with E-state index in [0.29, 0.717) is 5.03 Å². The number of fused-ring (bicyclic) bond motifs is 1. The van der Waals surface area contributed by atoms with Crippen molar-refractivity contribution in [3.8, 4) is 0 Å². The first kappa shape index (κ1) is 12.4. The Bertz CT molecular complexity index is 681. The zero-order valence-corrected chi connectivity index (χ0v) is 11.8. The van der Waals surface area contributed by atoms with Crippen LogP contribution in [0.3, 0.4) is 0 Å². The molecule has 0 radical (unpaired) electrons. The molecule has 1 atom stereocenters. The first-order chi connectivity index (χ1) is 9.19. The van der Waals surface area contributed by atoms with Gasteiger partial charge in [-0.15, -0.1) is 0 Å². The molecular weight excluding hydrogens is 258 g/mol. The van der Waals surface area contributed by atoms with Crippen LogP contribution >= 0.6 is 11.6 Å². The highest BCUT2D eigenvalue weighted by Crippen LogP contribution is 2.32. The molecule has 0 aliphatic heterocycles. The average Bonchev–Trinajstić information content (AvgIpc) is 2.81. The maximum Gasteiger partial charge on any atom is 0.133 e. The molecule has 98 valence electrons. The molecule has 1 aromatic heterocycles. The van der Waals surface area contributed by atoms with Crippen molar-refractivity contribution < 1.29 is 4.74 Å². The van der Waals surface area contributed by atoms with E-state index in [9.17, 15) is 0 Å². The molecule has 1 unspecified atom stereocenters. The van der Waals surface area contributed by atoms with E-state index < -0.39 is 0 Å². The normalized spacial score (nSPS) is 19.2. The number of benzene rings is 1. The Morgan fingerprint density at radius 3 is 2.89 bits per heavy atom. The number of aromatic nitrogens is 1. The Kier molecular flexibility index (Phi) is 3.11. The number of halogens is 1. The summed E-state index contributed by atoms with van der Waals surface area (Å²) in [6.07, 6.45) is 7.13. The second-order valence-corrected chi connectivity index (χ2v) is 5.28. The number of aryl methyl sites for hydroxylation is 1. The van der Waals surface area contributed by atoms with Gasteiger partial charge in [-0.2, -0.15) is 0 Å². The van der Waals surface area contributed by atoms with E-state index in [4.69, 9.17) is 16.3 Å². The van der Waals surface area contributed by atoms with Crippen LogP contribution in [0.25, 0.3) is 10.9 Å². The third kappa shape index (κ3) is 2.17. The summed E-state index contributed by atoms with van der Waals surface area (Å²) in [6, 6.07) is 8.92. The Hall–Kier alpha value is -1.67. The topological polar surface area (TPSA) is 14.2 Å². The lowest BCUT2D eigenvalue weighted by Gasteiger charge is -2.20. The zero-order chi connectivity index (χ0) is 13.4. The highest BCUT2D eigenvalue weighted by molar-refractivity contribution is 6.31. The van der Waals surface area contributed by atoms with E-state index in [2.05, 4.69) is 48.0 Å². The summed E-state index contributed by atoms with van der Waals surface area (Å²) in [7, 11) is 1.65. The molecule has 0 spiro atoms. The van der Waals surface area contributed by atoms with E-state index in [1.54, 1.807) is 7.11 Å². The Labute approximate surface area is 117 Å². The van der Waals surface area contributed by atoms with Gasteiger partial charge in [-0.3, -0.25) is 0 Å². The monoisotopic (exact) mass is 273 g/mol. The second kappa shape index (κ2) is 4.78. The molecular formula is C16H16ClNO. The van der Waals surface area contributed by atoms with Gasteiger partial charge in [0.05, 0.1) is 18.2 Å². The first-order valence-electron chi connectivity index (χ1n) is 6.38. The summed E-state index contributed by atoms with van der Waals surface area (Å²) >= 11 is 6.23. The number of hydrogen-bond acceptors (Lipinski definition) is 1. The Balaban J connectivity index is 2.01. The molecule has 0 N–H and O–H groups in total. The number of rotatable bonds is 2. The summed E-state index contributed by atoms with van der Waals surface area (Å²) in [5.74, 6) is 0.769. The minimum atomic E-state index is 0.256. The molecule has 0 amide bonds. The van der Waals surface area contributed by atoms with Crippen molar-refractivity contribution in [2.75, 3.05) is 7.11 Å². The predicted octanol–water partition coefficient (Wildman–Crippen LogP) is 4.55. The highest BCUT2D eigenvalue weighted by Gasteiger charge is 2.17. The Morgan fingerprint density at radius 1 is 1.32 bits per heavy atom. The quantitative estimate of drug-likeness (QED) is 0.783. The standard InChI is InChI=1S/C16H16ClNO/c1-11-3-5-15-12(9-11)7-8-18(15)13-4-6-16(19-2)14(17)10-13/h3,5-10,13H,4H2,1-2H3. The fourth-order valence-electron chi connectivity index (χ4n) is 2.59. The van der Waals surface area contributed by atoms with Crippen LogP contribution in [0.2, 0.25) is 0 Å². The first-order valence-corrected chi connectivity index (χ1v) is 6.76. The fraction of sp³-hybridized carbons (Fsp3) is 0.250. The molecule has 1 aromatic carbocycles. The fourth-order valence-corrected chi connectivity index (χ4v) is 2.89. The van der Waals surface area contributed by atoms with Crippen molar-refractivity contribution in [1.29, 1.82) is 0 Å². The van der Waals surface area contributed by atoms with Gasteiger partial charge in [0, 0.05) is 11.7 Å². The zero-order valence-electron chi connectivity index (χ0n) is 11.1. The minimum Gasteiger partial charge on any atom is -0.496 e. The van der Waals surface area contributed by atoms with Gasteiger partial charge in [0.2, 0.25) is 0 Å². The van der Waals surface area contributed by atoms with Crippen molar-refractivity contribution in [2.24, 2.45) is 0 Å². The van der Waals surface area contributed by atoms with Crippen LogP contribution < -0.4 is 0 Å². The SMILES string of the molecule is COC1=CCC(n2ccc3cc(C)ccc32)C=C1Cl. The molecule has 2 aromatic rings. The van der Waals surface area contributed by atoms with E-state index in [1.165, 1.54) is 16.5 Å². The van der Waals surface area contributed by atoms with E-state index >= 15 is 0 Å². The lowest BCUT2D eigenvalue weighted by Crippen LogP contribution is -2.09. The molecule has 19 heavy (non-hydrogen) atoms. The smallest absolute Gasteiger partial charge is 0.133 e. The molecule has 0 fully saturated rings. The van der Waals surface area contributed by atoms with Crippen molar-refractivity contribution in [1.82, 2.24) is 4.57 Å². The number of allylic oxidation sites excluding steroid dienone is 3. The molecule has 1 heterocycles. The van der Waals surface area contributed by atoms with Crippen molar-refractivity contribution in [3.63, 3.8) is 0 Å². The third-order valence-electron chi connectivity index (χ3n) is 3.57. The maximum absolute atomic E-state index is 6.23.